The van der Waals surface area contributed by atoms with Crippen LogP contribution in [-0.2, 0) is 33.4 Å². The van der Waals surface area contributed by atoms with Gasteiger partial charge in [-0.2, -0.15) is 18.2 Å². The van der Waals surface area contributed by atoms with E-state index in [1.807, 2.05) is 0 Å². The molecule has 2 N–H and O–H groups in total. The lowest BCUT2D eigenvalue weighted by atomic mass is 9.96. The molecule has 0 aromatic heterocycles. The van der Waals surface area contributed by atoms with Crippen molar-refractivity contribution in [1.29, 1.82) is 0 Å². The van der Waals surface area contributed by atoms with E-state index in [4.69, 9.17) is 15.2 Å². The van der Waals surface area contributed by atoms with E-state index in [2.05, 4.69) is 11.6 Å². The molecule has 1 aliphatic heterocycles. The number of ether oxygens (including phenoxy) is 2. The third kappa shape index (κ3) is 5.30. The van der Waals surface area contributed by atoms with Crippen LogP contribution in [0.3, 0.4) is 0 Å². The second-order valence-electron chi connectivity index (χ2n) is 6.45. The first kappa shape index (κ1) is 22.3. The molecule has 0 amide bonds. The van der Waals surface area contributed by atoms with E-state index in [0.717, 1.165) is 17.7 Å². The Kier molecular flexibility index (Phi) is 6.94. The highest BCUT2D eigenvalue weighted by Gasteiger charge is 2.32. The van der Waals surface area contributed by atoms with Crippen LogP contribution in [0.2, 0.25) is 0 Å². The highest BCUT2D eigenvalue weighted by molar-refractivity contribution is 5.92. The Bertz CT molecular complexity index is 860. The van der Waals surface area contributed by atoms with E-state index >= 15 is 0 Å². The van der Waals surface area contributed by atoms with E-state index in [-0.39, 0.29) is 24.9 Å². The molecule has 1 heterocycles. The highest BCUT2D eigenvalue weighted by Crippen LogP contribution is 2.33. The van der Waals surface area contributed by atoms with Crippen LogP contribution in [0.4, 0.5) is 13.2 Å². The molecule has 1 aromatic carbocycles. The summed E-state index contributed by atoms with van der Waals surface area (Å²) in [4.78, 5) is 18.1. The Morgan fingerprint density at radius 2 is 2.03 bits per heavy atom. The number of hydrogen-bond acceptors (Lipinski definition) is 5. The van der Waals surface area contributed by atoms with Crippen LogP contribution in [0.25, 0.3) is 0 Å². The number of esters is 1. The maximum atomic E-state index is 13.0. The predicted octanol–water partition coefficient (Wildman–Crippen LogP) is 3.38. The lowest BCUT2D eigenvalue weighted by Gasteiger charge is -2.33. The Morgan fingerprint density at radius 1 is 1.34 bits per heavy atom. The number of allylic oxidation sites excluding steroid dienone is 1. The average molecular weight is 411 g/mol. The third-order valence-electron chi connectivity index (χ3n) is 4.62. The molecule has 0 aliphatic carbocycles. The van der Waals surface area contributed by atoms with Crippen LogP contribution >= 0.6 is 0 Å². The Hall–Kier alpha value is -2.97. The predicted molar refractivity (Wildman–Crippen MR) is 103 cm³/mol. The molecule has 2 rings (SSSR count). The average Bonchev–Trinajstić information content (AvgIpc) is 2.69. The van der Waals surface area contributed by atoms with Gasteiger partial charge in [0.15, 0.2) is 5.70 Å². The summed E-state index contributed by atoms with van der Waals surface area (Å²) in [6.45, 7) is 8.20. The summed E-state index contributed by atoms with van der Waals surface area (Å²) < 4.78 is 48.9. The van der Waals surface area contributed by atoms with Gasteiger partial charge in [-0.15, -0.1) is 0 Å². The van der Waals surface area contributed by atoms with Crippen LogP contribution in [0.1, 0.15) is 30.5 Å². The number of carbonyl (C=O) groups is 1. The monoisotopic (exact) mass is 411 g/mol. The first-order valence-corrected chi connectivity index (χ1v) is 8.97. The number of carbonyl (C=O) groups excluding carboxylic acids is 1. The second-order valence-corrected chi connectivity index (χ2v) is 6.45. The molecule has 0 bridgehead atoms. The van der Waals surface area contributed by atoms with Crippen LogP contribution in [0.5, 0.6) is 0 Å². The van der Waals surface area contributed by atoms with E-state index in [1.54, 1.807) is 18.7 Å². The molecule has 29 heavy (non-hydrogen) atoms. The Morgan fingerprint density at radius 3 is 2.62 bits per heavy atom. The van der Waals surface area contributed by atoms with E-state index in [9.17, 15) is 18.0 Å². The number of nitrogens with zero attached hydrogens (tertiary/aromatic N) is 2. The summed E-state index contributed by atoms with van der Waals surface area (Å²) in [5, 5.41) is 0. The first-order valence-electron chi connectivity index (χ1n) is 8.97. The fraction of sp³-hybridized carbons (Fsp3) is 0.400. The van der Waals surface area contributed by atoms with Crippen molar-refractivity contribution in [2.24, 2.45) is 10.7 Å². The van der Waals surface area contributed by atoms with E-state index in [0.29, 0.717) is 29.8 Å². The minimum absolute atomic E-state index is 0.0639. The number of nitrogens with two attached hydrogens (primary N) is 1. The number of benzene rings is 1. The summed E-state index contributed by atoms with van der Waals surface area (Å²) in [5.74, 6) is -0.692. The van der Waals surface area contributed by atoms with Gasteiger partial charge in [-0.3, -0.25) is 0 Å². The van der Waals surface area contributed by atoms with Crippen molar-refractivity contribution in [2.45, 2.75) is 33.0 Å². The summed E-state index contributed by atoms with van der Waals surface area (Å²) in [6.07, 6.45) is -3.86. The Balaban J connectivity index is 2.35. The maximum absolute atomic E-state index is 13.0. The summed E-state index contributed by atoms with van der Waals surface area (Å²) in [6, 6.07) is 3.53. The van der Waals surface area contributed by atoms with Gasteiger partial charge >= 0.3 is 12.1 Å². The highest BCUT2D eigenvalue weighted by atomic mass is 19.4. The molecule has 1 aromatic rings. The number of hydrogen-bond donors (Lipinski definition) is 1. The molecule has 0 atom stereocenters. The molecular formula is C20H24F3N3O3. The molecule has 0 spiro atoms. The van der Waals surface area contributed by atoms with Crippen LogP contribution < -0.4 is 5.73 Å². The first-order chi connectivity index (χ1) is 13.6. The normalized spacial score (nSPS) is 15.4. The van der Waals surface area contributed by atoms with Crippen molar-refractivity contribution in [3.05, 3.63) is 58.4 Å². The van der Waals surface area contributed by atoms with Crippen LogP contribution in [-0.4, -0.2) is 37.2 Å². The standard InChI is InChI=1S/C20H24F3N3O3/c1-5-29-18(27)17(25-19(24)28-4)12(2)13(3)26-9-8-14-6-7-16(20(21,22)23)10-15(14)11-26/h6-7,10H,3,5,8-9,11H2,1-2,4H3,(H2,24,25)/b17-12-. The zero-order chi connectivity index (χ0) is 21.8. The number of aliphatic imine (C=N–C) groups is 1. The molecular weight excluding hydrogens is 387 g/mol. The fourth-order valence-electron chi connectivity index (χ4n) is 2.98. The molecule has 1 aliphatic rings. The van der Waals surface area contributed by atoms with Crippen molar-refractivity contribution in [3.63, 3.8) is 0 Å². The van der Waals surface area contributed by atoms with Crippen molar-refractivity contribution in [3.8, 4) is 0 Å². The zero-order valence-electron chi connectivity index (χ0n) is 16.6. The molecule has 6 nitrogen and oxygen atoms in total. The fourth-order valence-corrected chi connectivity index (χ4v) is 2.98. The largest absolute Gasteiger partial charge is 0.469 e. The summed E-state index contributed by atoms with van der Waals surface area (Å²) >= 11 is 0. The van der Waals surface area contributed by atoms with Gasteiger partial charge in [0.25, 0.3) is 6.02 Å². The molecule has 0 saturated heterocycles. The minimum atomic E-state index is -4.41. The summed E-state index contributed by atoms with van der Waals surface area (Å²) in [5.41, 5.74) is 7.10. The molecule has 0 fully saturated rings. The molecule has 0 radical (unpaired) electrons. The topological polar surface area (TPSA) is 77.2 Å². The number of alkyl halides is 3. The Labute approximate surface area is 167 Å². The quantitative estimate of drug-likeness (QED) is 0.264. The molecule has 158 valence electrons. The maximum Gasteiger partial charge on any atom is 0.416 e. The van der Waals surface area contributed by atoms with Crippen molar-refractivity contribution in [2.75, 3.05) is 20.3 Å². The molecule has 9 heteroatoms. The lowest BCUT2D eigenvalue weighted by Crippen LogP contribution is -2.31. The zero-order valence-corrected chi connectivity index (χ0v) is 16.6. The van der Waals surface area contributed by atoms with E-state index in [1.165, 1.54) is 13.2 Å². The number of fused-ring (bicyclic) bond motifs is 1. The van der Waals surface area contributed by atoms with Crippen molar-refractivity contribution in [1.82, 2.24) is 4.90 Å². The van der Waals surface area contributed by atoms with Crippen LogP contribution in [0, 0.1) is 0 Å². The minimum Gasteiger partial charge on any atom is -0.469 e. The van der Waals surface area contributed by atoms with Crippen molar-refractivity contribution >= 4 is 12.0 Å². The van der Waals surface area contributed by atoms with Gasteiger partial charge in [-0.05, 0) is 43.5 Å². The lowest BCUT2D eigenvalue weighted by molar-refractivity contribution is -0.139. The van der Waals surface area contributed by atoms with Gasteiger partial charge in [0.1, 0.15) is 0 Å². The van der Waals surface area contributed by atoms with Gasteiger partial charge in [-0.25, -0.2) is 4.79 Å². The van der Waals surface area contributed by atoms with Gasteiger partial charge in [0.2, 0.25) is 0 Å². The smallest absolute Gasteiger partial charge is 0.416 e. The summed E-state index contributed by atoms with van der Waals surface area (Å²) in [7, 11) is 1.31. The SMILES string of the molecule is C=C(/C(C)=C(\N=C(/N)OC)C(=O)OCC)N1CCc2ccc(C(F)(F)F)cc2C1. The van der Waals surface area contributed by atoms with Gasteiger partial charge < -0.3 is 20.1 Å². The van der Waals surface area contributed by atoms with Gasteiger partial charge in [0, 0.05) is 24.4 Å². The second kappa shape index (κ2) is 9.02. The third-order valence-corrected chi connectivity index (χ3v) is 4.62. The van der Waals surface area contributed by atoms with Gasteiger partial charge in [-0.1, -0.05) is 12.6 Å². The van der Waals surface area contributed by atoms with Crippen molar-refractivity contribution < 1.29 is 27.4 Å². The molecule has 0 unspecified atom stereocenters. The number of rotatable bonds is 5. The number of amidine groups is 1. The number of halogens is 3. The number of methoxy groups -OCH3 is 1. The molecule has 0 saturated carbocycles. The van der Waals surface area contributed by atoms with Gasteiger partial charge in [0.05, 0.1) is 19.3 Å². The van der Waals surface area contributed by atoms with E-state index < -0.39 is 17.7 Å². The van der Waals surface area contributed by atoms with Crippen LogP contribution in [0.15, 0.2) is 46.7 Å².